The maximum absolute atomic E-state index is 14.1. The van der Waals surface area contributed by atoms with Crippen LogP contribution in [-0.4, -0.2) is 40.9 Å². The number of halogens is 2. The van der Waals surface area contributed by atoms with E-state index in [-0.39, 0.29) is 23.1 Å². The van der Waals surface area contributed by atoms with Crippen molar-refractivity contribution in [2.45, 2.75) is 39.0 Å². The number of aromatic nitrogens is 1. The van der Waals surface area contributed by atoms with Crippen LogP contribution in [0.3, 0.4) is 0 Å². The van der Waals surface area contributed by atoms with E-state index in [4.69, 9.17) is 21.1 Å². The molecular formula is C22H26ClFN2O4. The number of pyridine rings is 1. The van der Waals surface area contributed by atoms with E-state index in [0.717, 1.165) is 0 Å². The third kappa shape index (κ3) is 5.61. The zero-order valence-corrected chi connectivity index (χ0v) is 18.1. The van der Waals surface area contributed by atoms with Crippen molar-refractivity contribution in [3.8, 4) is 0 Å². The quantitative estimate of drug-likeness (QED) is 0.721. The van der Waals surface area contributed by atoms with Crippen LogP contribution in [0.4, 0.5) is 9.18 Å². The molecule has 1 aliphatic rings. The molecule has 2 aromatic rings. The van der Waals surface area contributed by atoms with Crippen LogP contribution < -0.4 is 5.56 Å². The molecular weight excluding hydrogens is 411 g/mol. The SMILES string of the molecule is CC(C)(C)OC(=O)N1CCO[C@@H](c2ccc(Cl)c(F)c2)[C@H](Cn2ccccc2=O)C1. The lowest BCUT2D eigenvalue weighted by Crippen LogP contribution is -2.41. The topological polar surface area (TPSA) is 60.8 Å². The number of hydrogen-bond donors (Lipinski definition) is 0. The minimum Gasteiger partial charge on any atom is -0.444 e. The van der Waals surface area contributed by atoms with Crippen LogP contribution >= 0.6 is 11.6 Å². The van der Waals surface area contributed by atoms with Crippen LogP contribution in [0, 0.1) is 11.7 Å². The van der Waals surface area contributed by atoms with Crippen LogP contribution in [0.1, 0.15) is 32.4 Å². The molecule has 0 bridgehead atoms. The monoisotopic (exact) mass is 436 g/mol. The molecule has 1 amide bonds. The summed E-state index contributed by atoms with van der Waals surface area (Å²) in [5.74, 6) is -0.845. The van der Waals surface area contributed by atoms with Crippen molar-refractivity contribution in [2.24, 2.45) is 5.92 Å². The molecule has 30 heavy (non-hydrogen) atoms. The molecule has 0 spiro atoms. The highest BCUT2D eigenvalue weighted by Crippen LogP contribution is 2.32. The lowest BCUT2D eigenvalue weighted by atomic mass is 9.94. The number of amides is 1. The molecule has 6 nitrogen and oxygen atoms in total. The zero-order valence-electron chi connectivity index (χ0n) is 17.3. The second-order valence-electron chi connectivity index (χ2n) is 8.34. The molecule has 0 N–H and O–H groups in total. The Morgan fingerprint density at radius 3 is 2.73 bits per heavy atom. The second-order valence-corrected chi connectivity index (χ2v) is 8.75. The Labute approximate surface area is 180 Å². The molecule has 0 aliphatic carbocycles. The van der Waals surface area contributed by atoms with Crippen molar-refractivity contribution < 1.29 is 18.7 Å². The van der Waals surface area contributed by atoms with Gasteiger partial charge in [-0.2, -0.15) is 0 Å². The Hall–Kier alpha value is -2.38. The van der Waals surface area contributed by atoms with Crippen molar-refractivity contribution in [2.75, 3.05) is 19.7 Å². The first kappa shape index (κ1) is 22.3. The van der Waals surface area contributed by atoms with Crippen LogP contribution in [0.5, 0.6) is 0 Å². The van der Waals surface area contributed by atoms with Gasteiger partial charge < -0.3 is 18.9 Å². The lowest BCUT2D eigenvalue weighted by Gasteiger charge is -2.30. The summed E-state index contributed by atoms with van der Waals surface area (Å²) in [6.45, 7) is 6.60. The van der Waals surface area contributed by atoms with Crippen LogP contribution in [-0.2, 0) is 16.0 Å². The first-order chi connectivity index (χ1) is 14.1. The maximum atomic E-state index is 14.1. The summed E-state index contributed by atoms with van der Waals surface area (Å²) in [5.41, 5.74) is -0.182. The predicted molar refractivity (Wildman–Crippen MR) is 112 cm³/mol. The van der Waals surface area contributed by atoms with E-state index in [1.165, 1.54) is 18.2 Å². The minimum absolute atomic E-state index is 0.0265. The normalized spacial score (nSPS) is 20.0. The van der Waals surface area contributed by atoms with Crippen molar-refractivity contribution in [3.05, 3.63) is 69.4 Å². The average molecular weight is 437 g/mol. The number of nitrogens with zero attached hydrogens (tertiary/aromatic N) is 2. The van der Waals surface area contributed by atoms with Crippen molar-refractivity contribution in [1.29, 1.82) is 0 Å². The van der Waals surface area contributed by atoms with Crippen molar-refractivity contribution >= 4 is 17.7 Å². The van der Waals surface area contributed by atoms with E-state index in [1.54, 1.807) is 54.6 Å². The molecule has 1 fully saturated rings. The van der Waals surface area contributed by atoms with Gasteiger partial charge in [0.2, 0.25) is 0 Å². The molecule has 2 atom stereocenters. The van der Waals surface area contributed by atoms with Gasteiger partial charge in [0.05, 0.1) is 17.7 Å². The van der Waals surface area contributed by atoms with E-state index in [1.807, 2.05) is 0 Å². The summed E-state index contributed by atoms with van der Waals surface area (Å²) >= 11 is 5.83. The summed E-state index contributed by atoms with van der Waals surface area (Å²) in [6, 6.07) is 9.44. The summed E-state index contributed by atoms with van der Waals surface area (Å²) in [4.78, 5) is 26.5. The van der Waals surface area contributed by atoms with Gasteiger partial charge in [0.15, 0.2) is 0 Å². The van der Waals surface area contributed by atoms with Crippen LogP contribution in [0.15, 0.2) is 47.4 Å². The van der Waals surface area contributed by atoms with Crippen LogP contribution in [0.25, 0.3) is 0 Å². The van der Waals surface area contributed by atoms with Gasteiger partial charge in [-0.15, -0.1) is 0 Å². The van der Waals surface area contributed by atoms with E-state index >= 15 is 0 Å². The van der Waals surface area contributed by atoms with Gasteiger partial charge in [-0.25, -0.2) is 9.18 Å². The van der Waals surface area contributed by atoms with Gasteiger partial charge in [0.1, 0.15) is 11.4 Å². The Kier molecular flexibility index (Phi) is 6.83. The number of rotatable bonds is 3. The van der Waals surface area contributed by atoms with Crippen molar-refractivity contribution in [1.82, 2.24) is 9.47 Å². The van der Waals surface area contributed by atoms with Gasteiger partial charge in [0, 0.05) is 37.8 Å². The standard InChI is InChI=1S/C22H26ClFN2O4/c1-22(2,3)30-21(28)26-10-11-29-20(15-7-8-17(23)18(24)12-15)16(14-26)13-25-9-5-4-6-19(25)27/h4-9,12,16,20H,10-11,13-14H2,1-3H3/t16-,20+/m1/s1. The molecule has 1 aromatic carbocycles. The number of carbonyl (C=O) groups is 1. The van der Waals surface area contributed by atoms with Gasteiger partial charge in [-0.3, -0.25) is 4.79 Å². The molecule has 3 rings (SSSR count). The Morgan fingerprint density at radius 2 is 2.07 bits per heavy atom. The molecule has 0 saturated carbocycles. The Balaban J connectivity index is 1.92. The van der Waals surface area contributed by atoms with Crippen molar-refractivity contribution in [3.63, 3.8) is 0 Å². The summed E-state index contributed by atoms with van der Waals surface area (Å²) < 4.78 is 27.2. The van der Waals surface area contributed by atoms with E-state index in [0.29, 0.717) is 25.2 Å². The molecule has 1 aromatic heterocycles. The third-order valence-electron chi connectivity index (χ3n) is 4.80. The van der Waals surface area contributed by atoms with E-state index in [2.05, 4.69) is 0 Å². The second kappa shape index (κ2) is 9.18. The first-order valence-corrected chi connectivity index (χ1v) is 10.2. The Morgan fingerprint density at radius 1 is 1.30 bits per heavy atom. The van der Waals surface area contributed by atoms with E-state index in [9.17, 15) is 14.0 Å². The molecule has 162 valence electrons. The lowest BCUT2D eigenvalue weighted by molar-refractivity contribution is 0.0231. The highest BCUT2D eigenvalue weighted by Gasteiger charge is 2.33. The third-order valence-corrected chi connectivity index (χ3v) is 5.10. The van der Waals surface area contributed by atoms with Gasteiger partial charge in [-0.05, 0) is 44.5 Å². The molecule has 0 radical (unpaired) electrons. The maximum Gasteiger partial charge on any atom is 0.410 e. The Bertz CT molecular complexity index is 957. The minimum atomic E-state index is -0.630. The average Bonchev–Trinajstić information content (AvgIpc) is 2.87. The number of ether oxygens (including phenoxy) is 2. The largest absolute Gasteiger partial charge is 0.444 e. The summed E-state index contributed by atoms with van der Waals surface area (Å²) in [6.07, 6.45) is 0.723. The van der Waals surface area contributed by atoms with E-state index < -0.39 is 23.6 Å². The van der Waals surface area contributed by atoms with Gasteiger partial charge >= 0.3 is 6.09 Å². The highest BCUT2D eigenvalue weighted by molar-refractivity contribution is 6.30. The van der Waals surface area contributed by atoms with Crippen LogP contribution in [0.2, 0.25) is 5.02 Å². The summed E-state index contributed by atoms with van der Waals surface area (Å²) in [7, 11) is 0. The van der Waals surface area contributed by atoms with Gasteiger partial charge in [-0.1, -0.05) is 23.7 Å². The fourth-order valence-corrected chi connectivity index (χ4v) is 3.58. The zero-order chi connectivity index (χ0) is 21.9. The predicted octanol–water partition coefficient (Wildman–Crippen LogP) is 4.27. The summed E-state index contributed by atoms with van der Waals surface area (Å²) in [5, 5.41) is 0.0265. The molecule has 0 unspecified atom stereocenters. The highest BCUT2D eigenvalue weighted by atomic mass is 35.5. The van der Waals surface area contributed by atoms with Gasteiger partial charge in [0.25, 0.3) is 5.56 Å². The number of hydrogen-bond acceptors (Lipinski definition) is 4. The fourth-order valence-electron chi connectivity index (χ4n) is 3.46. The molecule has 8 heteroatoms. The molecule has 1 aliphatic heterocycles. The molecule has 2 heterocycles. The number of carbonyl (C=O) groups excluding carboxylic acids is 1. The molecule has 1 saturated heterocycles. The smallest absolute Gasteiger partial charge is 0.410 e. The first-order valence-electron chi connectivity index (χ1n) is 9.84. The fraction of sp³-hybridized carbons (Fsp3) is 0.455. The number of benzene rings is 1.